The van der Waals surface area contributed by atoms with E-state index >= 15 is 0 Å². The van der Waals surface area contributed by atoms with Gasteiger partial charge in [0.25, 0.3) is 0 Å². The Morgan fingerprint density at radius 1 is 1.06 bits per heavy atom. The van der Waals surface area contributed by atoms with E-state index in [0.29, 0.717) is 23.8 Å². The molecule has 0 aliphatic carbocycles. The molecule has 36 heavy (non-hydrogen) atoms. The van der Waals surface area contributed by atoms with Crippen molar-refractivity contribution in [2.24, 2.45) is 12.0 Å². The predicted molar refractivity (Wildman–Crippen MR) is 149 cm³/mol. The molecule has 0 aliphatic rings. The fourth-order valence-electron chi connectivity index (χ4n) is 4.47. The van der Waals surface area contributed by atoms with E-state index in [2.05, 4.69) is 32.3 Å². The van der Waals surface area contributed by atoms with Crippen molar-refractivity contribution in [3.63, 3.8) is 0 Å². The number of carbonyl (C=O) groups is 1. The molecule has 5 aromatic rings. The number of benzene rings is 3. The molecule has 3 N–H and O–H groups in total. The molecule has 2 heterocycles. The number of pyridine rings is 1. The van der Waals surface area contributed by atoms with E-state index in [-0.39, 0.29) is 5.97 Å². The minimum absolute atomic E-state index is 0.367. The van der Waals surface area contributed by atoms with E-state index in [1.807, 2.05) is 61.6 Å². The quantitative estimate of drug-likeness (QED) is 0.177. The van der Waals surface area contributed by atoms with Crippen LogP contribution in [0.25, 0.3) is 32.8 Å². The lowest BCUT2D eigenvalue weighted by atomic mass is 10.1. The van der Waals surface area contributed by atoms with Crippen LogP contribution in [-0.4, -0.2) is 40.8 Å². The zero-order valence-corrected chi connectivity index (χ0v) is 21.0. The van der Waals surface area contributed by atoms with Crippen LogP contribution in [0.4, 0.5) is 5.69 Å². The lowest BCUT2D eigenvalue weighted by Gasteiger charge is -2.11. The van der Waals surface area contributed by atoms with E-state index in [1.54, 1.807) is 6.07 Å². The fraction of sp³-hybridized carbons (Fsp3) is 0.179. The van der Waals surface area contributed by atoms with Gasteiger partial charge in [-0.3, -0.25) is 4.99 Å². The molecule has 0 aliphatic heterocycles. The molecule has 0 unspecified atom stereocenters. The highest BCUT2D eigenvalue weighted by atomic mass is 32.1. The molecule has 0 atom stereocenters. The van der Waals surface area contributed by atoms with Crippen molar-refractivity contribution in [1.29, 1.82) is 0 Å². The van der Waals surface area contributed by atoms with Gasteiger partial charge in [-0.2, -0.15) is 0 Å². The van der Waals surface area contributed by atoms with Gasteiger partial charge in [0, 0.05) is 42.1 Å². The van der Waals surface area contributed by atoms with Gasteiger partial charge in [-0.15, -0.1) is 0 Å². The van der Waals surface area contributed by atoms with Gasteiger partial charge in [0.2, 0.25) is 0 Å². The summed E-state index contributed by atoms with van der Waals surface area (Å²) in [6.07, 6.45) is 0.791. The topological polar surface area (TPSA) is 83.4 Å². The van der Waals surface area contributed by atoms with Crippen LogP contribution in [0.15, 0.2) is 77.8 Å². The van der Waals surface area contributed by atoms with Gasteiger partial charge in [-0.1, -0.05) is 36.4 Å². The first-order valence-corrected chi connectivity index (χ1v) is 12.2. The maximum atomic E-state index is 12.3. The lowest BCUT2D eigenvalue weighted by molar-refractivity contribution is 0.0601. The molecule has 0 amide bonds. The van der Waals surface area contributed by atoms with Crippen LogP contribution in [0, 0.1) is 0 Å². The zero-order valence-electron chi connectivity index (χ0n) is 20.2. The lowest BCUT2D eigenvalue weighted by Crippen LogP contribution is -2.29. The minimum atomic E-state index is -0.367. The zero-order chi connectivity index (χ0) is 25.1. The first-order valence-electron chi connectivity index (χ1n) is 11.8. The summed E-state index contributed by atoms with van der Waals surface area (Å²) >= 11 is 5.41. The summed E-state index contributed by atoms with van der Waals surface area (Å²) in [6, 6.07) is 23.6. The maximum absolute atomic E-state index is 12.3. The van der Waals surface area contributed by atoms with Crippen LogP contribution in [0.1, 0.15) is 16.8 Å². The number of rotatable bonds is 6. The predicted octanol–water partition coefficient (Wildman–Crippen LogP) is 4.88. The van der Waals surface area contributed by atoms with E-state index in [9.17, 15) is 4.79 Å². The molecule has 0 radical (unpaired) electrons. The highest BCUT2D eigenvalue weighted by Crippen LogP contribution is 2.26. The number of aryl methyl sites for hydroxylation is 1. The molecule has 7 nitrogen and oxygen atoms in total. The number of esters is 1. The SMILES string of the molecule is COC(=O)c1ccc2c(c1)c(=NCCCNC(=S)Nc1ccccc1)c1c3ccccc3[nH]c1n2C. The average Bonchev–Trinajstić information content (AvgIpc) is 3.30. The molecule has 5 rings (SSSR count). The maximum Gasteiger partial charge on any atom is 0.337 e. The highest BCUT2D eigenvalue weighted by molar-refractivity contribution is 7.80. The standard InChI is InChI=1S/C28H27N5O2S/c1-33-23-14-13-18(27(34)35-2)17-21(23)25(24-20-11-6-7-12-22(20)32-26(24)33)29-15-8-16-30-28(36)31-19-9-4-3-5-10-19/h3-7,9-14,17,32H,8,15-16H2,1-2H3,(H2,30,31,36). The minimum Gasteiger partial charge on any atom is -0.465 e. The molecule has 0 fully saturated rings. The molecule has 0 saturated heterocycles. The molecule has 0 saturated carbocycles. The van der Waals surface area contributed by atoms with Crippen LogP contribution in [0.2, 0.25) is 0 Å². The Hall–Kier alpha value is -4.17. The number of H-pyrrole nitrogens is 1. The highest BCUT2D eigenvalue weighted by Gasteiger charge is 2.15. The van der Waals surface area contributed by atoms with E-state index < -0.39 is 0 Å². The van der Waals surface area contributed by atoms with Crippen LogP contribution in [0.5, 0.6) is 0 Å². The number of anilines is 1. The van der Waals surface area contributed by atoms with Crippen molar-refractivity contribution in [3.05, 3.63) is 83.7 Å². The third-order valence-corrected chi connectivity index (χ3v) is 6.46. The molecule has 2 aromatic heterocycles. The molecule has 182 valence electrons. The summed E-state index contributed by atoms with van der Waals surface area (Å²) in [7, 11) is 3.41. The monoisotopic (exact) mass is 497 g/mol. The Labute approximate surface area is 213 Å². The summed E-state index contributed by atoms with van der Waals surface area (Å²) in [5.41, 5.74) is 4.46. The first kappa shape index (κ1) is 23.6. The smallest absolute Gasteiger partial charge is 0.337 e. The van der Waals surface area contributed by atoms with Gasteiger partial charge in [-0.25, -0.2) is 4.79 Å². The Bertz CT molecular complexity index is 1650. The molecule has 0 bridgehead atoms. The second-order valence-electron chi connectivity index (χ2n) is 8.51. The van der Waals surface area contributed by atoms with Gasteiger partial charge in [0.05, 0.1) is 28.9 Å². The van der Waals surface area contributed by atoms with Gasteiger partial charge >= 0.3 is 5.97 Å². The third-order valence-electron chi connectivity index (χ3n) is 6.21. The van der Waals surface area contributed by atoms with E-state index in [1.165, 1.54) is 7.11 Å². The summed E-state index contributed by atoms with van der Waals surface area (Å²) < 4.78 is 7.08. The fourth-order valence-corrected chi connectivity index (χ4v) is 4.69. The molecule has 8 heteroatoms. The summed E-state index contributed by atoms with van der Waals surface area (Å²) in [5.74, 6) is -0.367. The van der Waals surface area contributed by atoms with Crippen molar-refractivity contribution in [1.82, 2.24) is 14.9 Å². The average molecular weight is 498 g/mol. The van der Waals surface area contributed by atoms with Gasteiger partial charge < -0.3 is 24.9 Å². The number of aromatic nitrogens is 2. The van der Waals surface area contributed by atoms with Crippen LogP contribution >= 0.6 is 12.2 Å². The number of carbonyl (C=O) groups excluding carboxylic acids is 1. The molecule has 0 spiro atoms. The number of thiocarbonyl (C=S) groups is 1. The third kappa shape index (κ3) is 4.55. The number of methoxy groups -OCH3 is 1. The van der Waals surface area contributed by atoms with Gasteiger partial charge in [0.1, 0.15) is 5.65 Å². The van der Waals surface area contributed by atoms with Crippen molar-refractivity contribution < 1.29 is 9.53 Å². The van der Waals surface area contributed by atoms with Crippen molar-refractivity contribution in [2.45, 2.75) is 6.42 Å². The van der Waals surface area contributed by atoms with Crippen molar-refractivity contribution in [3.8, 4) is 0 Å². The van der Waals surface area contributed by atoms with Crippen molar-refractivity contribution in [2.75, 3.05) is 25.5 Å². The number of fused-ring (bicyclic) bond motifs is 4. The van der Waals surface area contributed by atoms with Crippen LogP contribution in [-0.2, 0) is 11.8 Å². The number of nitrogens with one attached hydrogen (secondary N) is 3. The number of hydrogen-bond acceptors (Lipinski definition) is 4. The Morgan fingerprint density at radius 2 is 1.83 bits per heavy atom. The van der Waals surface area contributed by atoms with Gasteiger partial charge in [0.15, 0.2) is 5.11 Å². The normalized spacial score (nSPS) is 11.8. The Morgan fingerprint density at radius 3 is 2.64 bits per heavy atom. The molecular weight excluding hydrogens is 470 g/mol. The largest absolute Gasteiger partial charge is 0.465 e. The number of para-hydroxylation sites is 2. The van der Waals surface area contributed by atoms with Gasteiger partial charge in [-0.05, 0) is 55.0 Å². The number of ether oxygens (including phenoxy) is 1. The second kappa shape index (κ2) is 10.2. The Kier molecular flexibility index (Phi) is 6.69. The van der Waals surface area contributed by atoms with Crippen LogP contribution in [0.3, 0.4) is 0 Å². The first-order chi connectivity index (χ1) is 17.6. The molecule has 3 aromatic carbocycles. The summed E-state index contributed by atoms with van der Waals surface area (Å²) in [6.45, 7) is 1.28. The Balaban J connectivity index is 1.49. The molecular formula is C28H27N5O2S. The van der Waals surface area contributed by atoms with E-state index in [4.69, 9.17) is 21.9 Å². The second-order valence-corrected chi connectivity index (χ2v) is 8.92. The number of hydrogen-bond donors (Lipinski definition) is 3. The van der Waals surface area contributed by atoms with E-state index in [0.717, 1.165) is 50.3 Å². The summed E-state index contributed by atoms with van der Waals surface area (Å²) in [4.78, 5) is 20.9. The van der Waals surface area contributed by atoms with Crippen LogP contribution < -0.4 is 16.0 Å². The number of aromatic amines is 1. The number of nitrogens with zero attached hydrogens (tertiary/aromatic N) is 2. The summed E-state index contributed by atoms with van der Waals surface area (Å²) in [5, 5.41) is 10.9. The van der Waals surface area contributed by atoms with Crippen molar-refractivity contribution >= 4 is 61.8 Å².